The third-order valence-corrected chi connectivity index (χ3v) is 3.46. The first-order valence-electron chi connectivity index (χ1n) is 3.28. The Morgan fingerprint density at radius 1 is 1.67 bits per heavy atom. The molecule has 0 bridgehead atoms. The van der Waals surface area contributed by atoms with E-state index in [1.54, 1.807) is 22.6 Å². The van der Waals surface area contributed by atoms with E-state index in [0.29, 0.717) is 5.56 Å². The van der Waals surface area contributed by atoms with E-state index in [1.807, 2.05) is 0 Å². The summed E-state index contributed by atoms with van der Waals surface area (Å²) < 4.78 is 25.7. The van der Waals surface area contributed by atoms with Crippen molar-refractivity contribution in [3.05, 3.63) is 16.4 Å². The fourth-order valence-corrected chi connectivity index (χ4v) is 2.23. The van der Waals surface area contributed by atoms with Gasteiger partial charge in [0.05, 0.1) is 3.92 Å². The molecule has 0 saturated heterocycles. The molecular weight excluding hydrogens is 300 g/mol. The van der Waals surface area contributed by atoms with Crippen LogP contribution in [0.5, 0.6) is 0 Å². The number of rotatable bonds is 0. The van der Waals surface area contributed by atoms with E-state index >= 15 is 0 Å². The van der Waals surface area contributed by atoms with Gasteiger partial charge in [-0.15, -0.1) is 0 Å². The van der Waals surface area contributed by atoms with Crippen molar-refractivity contribution in [1.29, 1.82) is 0 Å². The predicted molar refractivity (Wildman–Crippen MR) is 49.0 cm³/mol. The molecule has 1 atom stereocenters. The van der Waals surface area contributed by atoms with Crippen molar-refractivity contribution in [2.75, 3.05) is 0 Å². The lowest BCUT2D eigenvalue weighted by molar-refractivity contribution is 0.00435. The van der Waals surface area contributed by atoms with E-state index in [2.05, 4.69) is 10.2 Å². The Morgan fingerprint density at radius 3 is 2.92 bits per heavy atom. The molecule has 66 valence electrons. The highest BCUT2D eigenvalue weighted by Gasteiger charge is 2.50. The molecule has 1 aliphatic carbocycles. The van der Waals surface area contributed by atoms with E-state index in [9.17, 15) is 8.78 Å². The van der Waals surface area contributed by atoms with Crippen LogP contribution < -0.4 is 0 Å². The van der Waals surface area contributed by atoms with Gasteiger partial charge in [0.15, 0.2) is 5.15 Å². The Morgan fingerprint density at radius 2 is 2.33 bits per heavy atom. The molecule has 0 unspecified atom stereocenters. The maximum absolute atomic E-state index is 13.2. The Hall–Kier alpha value is 0.0900. The second-order valence-corrected chi connectivity index (χ2v) is 4.52. The molecule has 12 heavy (non-hydrogen) atoms. The third kappa shape index (κ3) is 0.985. The molecule has 6 heteroatoms. The molecule has 2 nitrogen and oxygen atoms in total. The number of hydrogen-bond donors (Lipinski definition) is 1. The normalized spacial score (nSPS) is 25.8. The summed E-state index contributed by atoms with van der Waals surface area (Å²) in [4.78, 5) is 0. The standard InChI is InChI=1S/C6H4ClF2IN2/c7-5-2-1-3(10)6(8,9)4(2)11-12-5/h3H,1H2,(H,11,12)/t3-/m1/s1. The molecule has 0 amide bonds. The SMILES string of the molecule is FC1(F)c2[nH]nc(Cl)c2C[C@H]1I. The van der Waals surface area contributed by atoms with Crippen molar-refractivity contribution in [3.8, 4) is 0 Å². The summed E-state index contributed by atoms with van der Waals surface area (Å²) in [6.45, 7) is 0. The van der Waals surface area contributed by atoms with Crippen LogP contribution in [0.2, 0.25) is 5.15 Å². The molecule has 2 rings (SSSR count). The first-order chi connectivity index (χ1) is 5.53. The van der Waals surface area contributed by atoms with E-state index in [4.69, 9.17) is 11.6 Å². The lowest BCUT2D eigenvalue weighted by Gasteiger charge is -2.12. The molecule has 0 radical (unpaired) electrons. The van der Waals surface area contributed by atoms with Crippen LogP contribution in [-0.4, -0.2) is 14.1 Å². The van der Waals surface area contributed by atoms with Gasteiger partial charge in [-0.05, 0) is 6.42 Å². The predicted octanol–water partition coefficient (Wildman–Crippen LogP) is 2.51. The molecule has 0 saturated carbocycles. The Balaban J connectivity index is 2.56. The molecule has 0 aliphatic heterocycles. The van der Waals surface area contributed by atoms with Crippen molar-refractivity contribution in [3.63, 3.8) is 0 Å². The lowest BCUT2D eigenvalue weighted by Crippen LogP contribution is -2.21. The van der Waals surface area contributed by atoms with E-state index in [-0.39, 0.29) is 17.3 Å². The van der Waals surface area contributed by atoms with Gasteiger partial charge in [0.1, 0.15) is 5.69 Å². The average Bonchev–Trinajstić information content (AvgIpc) is 2.41. The minimum Gasteiger partial charge on any atom is -0.275 e. The summed E-state index contributed by atoms with van der Waals surface area (Å²) in [6.07, 6.45) is 0.290. The van der Waals surface area contributed by atoms with Crippen LogP contribution in [0, 0.1) is 0 Å². The average molecular weight is 304 g/mol. The lowest BCUT2D eigenvalue weighted by atomic mass is 10.3. The number of hydrogen-bond acceptors (Lipinski definition) is 1. The molecule has 1 N–H and O–H groups in total. The first-order valence-corrected chi connectivity index (χ1v) is 4.91. The zero-order chi connectivity index (χ0) is 8.93. The molecule has 1 aliphatic rings. The molecule has 0 fully saturated rings. The topological polar surface area (TPSA) is 28.7 Å². The van der Waals surface area contributed by atoms with Crippen LogP contribution >= 0.6 is 34.2 Å². The van der Waals surface area contributed by atoms with Gasteiger partial charge in [-0.3, -0.25) is 5.10 Å². The van der Waals surface area contributed by atoms with Crippen molar-refractivity contribution in [1.82, 2.24) is 10.2 Å². The fourth-order valence-electron chi connectivity index (χ4n) is 1.27. The van der Waals surface area contributed by atoms with E-state index in [0.717, 1.165) is 0 Å². The largest absolute Gasteiger partial charge is 0.301 e. The maximum Gasteiger partial charge on any atom is 0.301 e. The van der Waals surface area contributed by atoms with Crippen molar-refractivity contribution in [2.24, 2.45) is 0 Å². The van der Waals surface area contributed by atoms with Gasteiger partial charge < -0.3 is 0 Å². The van der Waals surface area contributed by atoms with Gasteiger partial charge in [0.25, 0.3) is 0 Å². The van der Waals surface area contributed by atoms with Gasteiger partial charge in [-0.25, -0.2) is 0 Å². The highest BCUT2D eigenvalue weighted by molar-refractivity contribution is 14.1. The van der Waals surface area contributed by atoms with Gasteiger partial charge >= 0.3 is 5.92 Å². The Kier molecular flexibility index (Phi) is 1.84. The second kappa shape index (κ2) is 2.54. The summed E-state index contributed by atoms with van der Waals surface area (Å²) in [5, 5.41) is 5.97. The second-order valence-electron chi connectivity index (χ2n) is 2.66. The zero-order valence-electron chi connectivity index (χ0n) is 5.74. The number of H-pyrrole nitrogens is 1. The molecule has 1 aromatic heterocycles. The minimum atomic E-state index is -2.81. The number of aromatic nitrogens is 2. The molecule has 1 heterocycles. The monoisotopic (exact) mass is 304 g/mol. The third-order valence-electron chi connectivity index (χ3n) is 1.93. The highest BCUT2D eigenvalue weighted by atomic mass is 127. The number of nitrogens with one attached hydrogen (secondary N) is 1. The van der Waals surface area contributed by atoms with Crippen molar-refractivity contribution < 1.29 is 8.78 Å². The number of nitrogens with zero attached hydrogens (tertiary/aromatic N) is 1. The van der Waals surface area contributed by atoms with Crippen LogP contribution in [0.3, 0.4) is 0 Å². The first kappa shape index (κ1) is 8.68. The summed E-state index contributed by atoms with van der Waals surface area (Å²) in [7, 11) is 0. The van der Waals surface area contributed by atoms with Crippen LogP contribution in [0.1, 0.15) is 11.3 Å². The Bertz CT molecular complexity index is 325. The minimum absolute atomic E-state index is 0.119. The van der Waals surface area contributed by atoms with Crippen molar-refractivity contribution >= 4 is 34.2 Å². The quantitative estimate of drug-likeness (QED) is 0.579. The smallest absolute Gasteiger partial charge is 0.275 e. The van der Waals surface area contributed by atoms with Crippen molar-refractivity contribution in [2.45, 2.75) is 16.3 Å². The number of fused-ring (bicyclic) bond motifs is 1. The summed E-state index contributed by atoms with van der Waals surface area (Å²) >= 11 is 7.33. The molecule has 0 aromatic carbocycles. The summed E-state index contributed by atoms with van der Waals surface area (Å²) in [5.74, 6) is -2.81. The number of halogens is 4. The summed E-state index contributed by atoms with van der Waals surface area (Å²) in [6, 6.07) is 0. The van der Waals surface area contributed by atoms with Gasteiger partial charge in [0, 0.05) is 5.56 Å². The fraction of sp³-hybridized carbons (Fsp3) is 0.500. The zero-order valence-corrected chi connectivity index (χ0v) is 8.66. The van der Waals surface area contributed by atoms with Gasteiger partial charge in [-0.1, -0.05) is 34.2 Å². The van der Waals surface area contributed by atoms with Crippen LogP contribution in [0.15, 0.2) is 0 Å². The Labute approximate surface area is 85.8 Å². The van der Waals surface area contributed by atoms with Gasteiger partial charge in [-0.2, -0.15) is 13.9 Å². The van der Waals surface area contributed by atoms with Crippen LogP contribution in [0.25, 0.3) is 0 Å². The van der Waals surface area contributed by atoms with E-state index < -0.39 is 9.85 Å². The summed E-state index contributed by atoms with van der Waals surface area (Å²) in [5.41, 5.74) is 0.341. The molecule has 1 aromatic rings. The number of aromatic amines is 1. The van der Waals surface area contributed by atoms with E-state index in [1.165, 1.54) is 0 Å². The molecular formula is C6H4ClF2IN2. The van der Waals surface area contributed by atoms with Crippen LogP contribution in [-0.2, 0) is 12.3 Å². The molecule has 0 spiro atoms. The van der Waals surface area contributed by atoms with Gasteiger partial charge in [0.2, 0.25) is 0 Å². The maximum atomic E-state index is 13.2. The number of alkyl halides is 3. The van der Waals surface area contributed by atoms with Crippen LogP contribution in [0.4, 0.5) is 8.78 Å². The highest BCUT2D eigenvalue weighted by Crippen LogP contribution is 2.46.